The number of nitrogens with zero attached hydrogens (tertiary/aromatic N) is 1. The van der Waals surface area contributed by atoms with Crippen molar-refractivity contribution in [1.82, 2.24) is 4.90 Å². The van der Waals surface area contributed by atoms with Gasteiger partial charge < -0.3 is 15.4 Å². The van der Waals surface area contributed by atoms with Gasteiger partial charge in [0.1, 0.15) is 0 Å². The van der Waals surface area contributed by atoms with Gasteiger partial charge in [-0.1, -0.05) is 6.92 Å². The highest BCUT2D eigenvalue weighted by Crippen LogP contribution is 2.30. The smallest absolute Gasteiger partial charge is 0.225 e. The fourth-order valence-electron chi connectivity index (χ4n) is 3.40. The van der Waals surface area contributed by atoms with Crippen LogP contribution in [0.5, 0.6) is 0 Å². The van der Waals surface area contributed by atoms with Crippen LogP contribution in [0.3, 0.4) is 0 Å². The normalized spacial score (nSPS) is 33.4. The first-order chi connectivity index (χ1) is 9.11. The van der Waals surface area contributed by atoms with Crippen molar-refractivity contribution in [2.24, 2.45) is 23.5 Å². The van der Waals surface area contributed by atoms with Crippen molar-refractivity contribution in [2.45, 2.75) is 45.1 Å². The third-order valence-corrected chi connectivity index (χ3v) is 4.94. The van der Waals surface area contributed by atoms with E-state index in [9.17, 15) is 4.79 Å². The Morgan fingerprint density at radius 1 is 1.26 bits per heavy atom. The topological polar surface area (TPSA) is 55.6 Å². The second kappa shape index (κ2) is 6.71. The third kappa shape index (κ3) is 3.69. The predicted molar refractivity (Wildman–Crippen MR) is 75.7 cm³/mol. The van der Waals surface area contributed by atoms with Gasteiger partial charge >= 0.3 is 0 Å². The molecule has 4 nitrogen and oxygen atoms in total. The minimum atomic E-state index is 0.171. The molecule has 2 fully saturated rings. The summed E-state index contributed by atoms with van der Waals surface area (Å²) in [6.07, 6.45) is 5.14. The SMILES string of the molecule is COCC1CCN(C(=O)C2CCC(C)C(N)C2)CC1. The van der Waals surface area contributed by atoms with Crippen LogP contribution in [0.15, 0.2) is 0 Å². The largest absolute Gasteiger partial charge is 0.384 e. The molecule has 1 saturated carbocycles. The van der Waals surface area contributed by atoms with Crippen molar-refractivity contribution < 1.29 is 9.53 Å². The van der Waals surface area contributed by atoms with Crippen LogP contribution in [0, 0.1) is 17.8 Å². The van der Waals surface area contributed by atoms with Crippen LogP contribution in [0.4, 0.5) is 0 Å². The average molecular weight is 268 g/mol. The van der Waals surface area contributed by atoms with Crippen LogP contribution < -0.4 is 5.73 Å². The van der Waals surface area contributed by atoms with Crippen molar-refractivity contribution in [2.75, 3.05) is 26.8 Å². The summed E-state index contributed by atoms with van der Waals surface area (Å²) in [5.74, 6) is 1.71. The molecule has 1 saturated heterocycles. The molecule has 0 bridgehead atoms. The summed E-state index contributed by atoms with van der Waals surface area (Å²) in [5, 5.41) is 0. The van der Waals surface area contributed by atoms with E-state index in [4.69, 9.17) is 10.5 Å². The van der Waals surface area contributed by atoms with E-state index in [0.717, 1.165) is 51.8 Å². The zero-order chi connectivity index (χ0) is 13.8. The molecule has 0 aromatic heterocycles. The van der Waals surface area contributed by atoms with Gasteiger partial charge in [0.2, 0.25) is 5.91 Å². The van der Waals surface area contributed by atoms with Crippen molar-refractivity contribution >= 4 is 5.91 Å². The quantitative estimate of drug-likeness (QED) is 0.846. The van der Waals surface area contributed by atoms with E-state index >= 15 is 0 Å². The molecule has 2 aliphatic rings. The van der Waals surface area contributed by atoms with Gasteiger partial charge in [-0.05, 0) is 43.9 Å². The lowest BCUT2D eigenvalue weighted by Gasteiger charge is -2.37. The first-order valence-corrected chi connectivity index (χ1v) is 7.65. The Balaban J connectivity index is 1.81. The minimum absolute atomic E-state index is 0.171. The molecule has 1 amide bonds. The molecule has 0 spiro atoms. The summed E-state index contributed by atoms with van der Waals surface area (Å²) in [5.41, 5.74) is 6.11. The van der Waals surface area contributed by atoms with Gasteiger partial charge in [-0.25, -0.2) is 0 Å². The number of carbonyl (C=O) groups is 1. The van der Waals surface area contributed by atoms with Gasteiger partial charge in [0.05, 0.1) is 0 Å². The molecule has 3 unspecified atom stereocenters. The summed E-state index contributed by atoms with van der Waals surface area (Å²) in [6.45, 7) is 4.82. The van der Waals surface area contributed by atoms with Gasteiger partial charge in [-0.2, -0.15) is 0 Å². The maximum atomic E-state index is 12.5. The van der Waals surface area contributed by atoms with Gasteiger partial charge in [0, 0.05) is 38.8 Å². The number of methoxy groups -OCH3 is 1. The second-order valence-corrected chi connectivity index (χ2v) is 6.38. The maximum absolute atomic E-state index is 12.5. The highest BCUT2D eigenvalue weighted by atomic mass is 16.5. The Bertz CT molecular complexity index is 301. The zero-order valence-corrected chi connectivity index (χ0v) is 12.3. The van der Waals surface area contributed by atoms with Crippen molar-refractivity contribution in [3.8, 4) is 0 Å². The summed E-state index contributed by atoms with van der Waals surface area (Å²) in [4.78, 5) is 14.6. The Morgan fingerprint density at radius 2 is 1.95 bits per heavy atom. The molecule has 2 N–H and O–H groups in total. The molecular formula is C15H28N2O2. The van der Waals surface area contributed by atoms with Crippen molar-refractivity contribution in [3.05, 3.63) is 0 Å². The highest BCUT2D eigenvalue weighted by Gasteiger charge is 2.33. The molecule has 0 aromatic rings. The number of carbonyl (C=O) groups excluding carboxylic acids is 1. The molecule has 2 rings (SSSR count). The molecule has 0 radical (unpaired) electrons. The van der Waals surface area contributed by atoms with E-state index < -0.39 is 0 Å². The number of nitrogens with two attached hydrogens (primary N) is 1. The third-order valence-electron chi connectivity index (χ3n) is 4.94. The molecular weight excluding hydrogens is 240 g/mol. The Hall–Kier alpha value is -0.610. The van der Waals surface area contributed by atoms with Crippen LogP contribution >= 0.6 is 0 Å². The maximum Gasteiger partial charge on any atom is 0.225 e. The molecule has 1 aliphatic heterocycles. The second-order valence-electron chi connectivity index (χ2n) is 6.38. The Kier molecular flexibility index (Phi) is 5.22. The number of ether oxygens (including phenoxy) is 1. The lowest BCUT2D eigenvalue weighted by atomic mass is 9.79. The summed E-state index contributed by atoms with van der Waals surface area (Å²) < 4.78 is 5.20. The molecule has 0 aromatic carbocycles. The van der Waals surface area contributed by atoms with E-state index in [1.54, 1.807) is 7.11 Å². The first-order valence-electron chi connectivity index (χ1n) is 7.65. The Morgan fingerprint density at radius 3 is 2.53 bits per heavy atom. The van der Waals surface area contributed by atoms with E-state index in [2.05, 4.69) is 11.8 Å². The van der Waals surface area contributed by atoms with E-state index in [0.29, 0.717) is 17.7 Å². The van der Waals surface area contributed by atoms with Crippen molar-refractivity contribution in [3.63, 3.8) is 0 Å². The number of rotatable bonds is 3. The van der Waals surface area contributed by atoms with Crippen LogP contribution in [-0.4, -0.2) is 43.7 Å². The molecule has 19 heavy (non-hydrogen) atoms. The number of hydrogen-bond acceptors (Lipinski definition) is 3. The summed E-state index contributed by atoms with van der Waals surface area (Å²) >= 11 is 0. The number of hydrogen-bond donors (Lipinski definition) is 1. The van der Waals surface area contributed by atoms with Crippen LogP contribution in [-0.2, 0) is 9.53 Å². The minimum Gasteiger partial charge on any atom is -0.384 e. The summed E-state index contributed by atoms with van der Waals surface area (Å²) in [6, 6.07) is 0.203. The lowest BCUT2D eigenvalue weighted by molar-refractivity contribution is -0.138. The van der Waals surface area contributed by atoms with E-state index in [1.165, 1.54) is 0 Å². The van der Waals surface area contributed by atoms with E-state index in [-0.39, 0.29) is 12.0 Å². The molecule has 4 heteroatoms. The molecule has 1 aliphatic carbocycles. The van der Waals surface area contributed by atoms with Gasteiger partial charge in [0.15, 0.2) is 0 Å². The van der Waals surface area contributed by atoms with Crippen LogP contribution in [0.1, 0.15) is 39.0 Å². The lowest BCUT2D eigenvalue weighted by Crippen LogP contribution is -2.46. The van der Waals surface area contributed by atoms with Crippen LogP contribution in [0.25, 0.3) is 0 Å². The molecule has 110 valence electrons. The van der Waals surface area contributed by atoms with Gasteiger partial charge in [0.25, 0.3) is 0 Å². The fraction of sp³-hybridized carbons (Fsp3) is 0.933. The van der Waals surface area contributed by atoms with E-state index in [1.807, 2.05) is 0 Å². The summed E-state index contributed by atoms with van der Waals surface area (Å²) in [7, 11) is 1.75. The number of piperidine rings is 1. The average Bonchev–Trinajstić information content (AvgIpc) is 2.42. The zero-order valence-electron chi connectivity index (χ0n) is 12.3. The predicted octanol–water partition coefficient (Wildman–Crippen LogP) is 1.63. The van der Waals surface area contributed by atoms with Gasteiger partial charge in [-0.3, -0.25) is 4.79 Å². The number of likely N-dealkylation sites (tertiary alicyclic amines) is 1. The monoisotopic (exact) mass is 268 g/mol. The van der Waals surface area contributed by atoms with Gasteiger partial charge in [-0.15, -0.1) is 0 Å². The van der Waals surface area contributed by atoms with Crippen molar-refractivity contribution in [1.29, 1.82) is 0 Å². The first kappa shape index (κ1) is 14.8. The molecule has 1 heterocycles. The number of amides is 1. The van der Waals surface area contributed by atoms with Crippen LogP contribution in [0.2, 0.25) is 0 Å². The molecule has 3 atom stereocenters. The fourth-order valence-corrected chi connectivity index (χ4v) is 3.40. The Labute approximate surface area is 116 Å². The standard InChI is InChI=1S/C15H28N2O2/c1-11-3-4-13(9-14(11)16)15(18)17-7-5-12(6-8-17)10-19-2/h11-14H,3-10,16H2,1-2H3. The highest BCUT2D eigenvalue weighted by molar-refractivity contribution is 5.79.